The highest BCUT2D eigenvalue weighted by molar-refractivity contribution is 5.76. The van der Waals surface area contributed by atoms with Gasteiger partial charge in [-0.3, -0.25) is 9.20 Å². The van der Waals surface area contributed by atoms with E-state index in [0.29, 0.717) is 24.9 Å². The number of amides is 1. The number of rotatable bonds is 6. The second-order valence-electron chi connectivity index (χ2n) is 6.86. The highest BCUT2D eigenvalue weighted by Gasteiger charge is 2.26. The van der Waals surface area contributed by atoms with Crippen molar-refractivity contribution in [3.63, 3.8) is 0 Å². The van der Waals surface area contributed by atoms with Gasteiger partial charge >= 0.3 is 0 Å². The quantitative estimate of drug-likeness (QED) is 0.764. The van der Waals surface area contributed by atoms with Gasteiger partial charge in [0.25, 0.3) is 0 Å². The molecule has 6 heteroatoms. The minimum atomic E-state index is 0.198. The third-order valence-electron chi connectivity index (χ3n) is 4.46. The third kappa shape index (κ3) is 3.93. The summed E-state index contributed by atoms with van der Waals surface area (Å²) in [7, 11) is 0. The Labute approximate surface area is 142 Å². The van der Waals surface area contributed by atoms with E-state index < -0.39 is 0 Å². The van der Waals surface area contributed by atoms with Crippen LogP contribution in [0.2, 0.25) is 0 Å². The number of ether oxygens (including phenoxy) is 1. The molecule has 0 unspecified atom stereocenters. The summed E-state index contributed by atoms with van der Waals surface area (Å²) in [4.78, 5) is 14.2. The fraction of sp³-hybridized carbons (Fsp3) is 0.611. The van der Waals surface area contributed by atoms with Gasteiger partial charge in [-0.15, -0.1) is 10.2 Å². The van der Waals surface area contributed by atoms with Crippen LogP contribution in [0.15, 0.2) is 24.4 Å². The molecule has 0 bridgehead atoms. The van der Waals surface area contributed by atoms with Crippen molar-refractivity contribution in [2.75, 3.05) is 26.3 Å². The second kappa shape index (κ2) is 7.75. The molecule has 3 heterocycles. The number of likely N-dealkylation sites (tertiary alicyclic amines) is 1. The van der Waals surface area contributed by atoms with E-state index in [-0.39, 0.29) is 5.91 Å². The number of hydrogen-bond donors (Lipinski definition) is 0. The van der Waals surface area contributed by atoms with Crippen molar-refractivity contribution in [1.29, 1.82) is 0 Å². The van der Waals surface area contributed by atoms with Crippen molar-refractivity contribution < 1.29 is 9.53 Å². The SMILES string of the molecule is CC(C)COCCC(=O)N1CCC(c2nnc3ccccn23)CC1. The molecule has 1 aliphatic heterocycles. The van der Waals surface area contributed by atoms with Gasteiger partial charge in [0.1, 0.15) is 5.82 Å². The van der Waals surface area contributed by atoms with E-state index in [4.69, 9.17) is 4.74 Å². The highest BCUT2D eigenvalue weighted by atomic mass is 16.5. The molecule has 1 aliphatic rings. The van der Waals surface area contributed by atoms with Crippen molar-refractivity contribution >= 4 is 11.6 Å². The molecule has 2 aromatic rings. The first-order chi connectivity index (χ1) is 11.6. The van der Waals surface area contributed by atoms with Crippen LogP contribution < -0.4 is 0 Å². The van der Waals surface area contributed by atoms with Crippen molar-refractivity contribution in [3.05, 3.63) is 30.2 Å². The molecule has 0 spiro atoms. The number of piperidine rings is 1. The molecule has 0 radical (unpaired) electrons. The normalized spacial score (nSPS) is 16.2. The van der Waals surface area contributed by atoms with Crippen LogP contribution in [-0.4, -0.2) is 51.7 Å². The van der Waals surface area contributed by atoms with E-state index in [0.717, 1.165) is 44.0 Å². The van der Waals surface area contributed by atoms with Gasteiger partial charge in [-0.2, -0.15) is 0 Å². The Morgan fingerprint density at radius 1 is 1.29 bits per heavy atom. The van der Waals surface area contributed by atoms with Gasteiger partial charge in [-0.25, -0.2) is 0 Å². The molecule has 6 nitrogen and oxygen atoms in total. The number of aromatic nitrogens is 3. The Morgan fingerprint density at radius 3 is 2.83 bits per heavy atom. The van der Waals surface area contributed by atoms with Crippen LogP contribution in [0.4, 0.5) is 0 Å². The number of hydrogen-bond acceptors (Lipinski definition) is 4. The largest absolute Gasteiger partial charge is 0.381 e. The van der Waals surface area contributed by atoms with Crippen LogP contribution in [0.1, 0.15) is 44.9 Å². The van der Waals surface area contributed by atoms with Crippen LogP contribution in [0, 0.1) is 5.92 Å². The van der Waals surface area contributed by atoms with Crippen LogP contribution in [0.3, 0.4) is 0 Å². The zero-order chi connectivity index (χ0) is 16.9. The van der Waals surface area contributed by atoms with Crippen molar-refractivity contribution in [1.82, 2.24) is 19.5 Å². The molecule has 1 fully saturated rings. The molecule has 130 valence electrons. The van der Waals surface area contributed by atoms with Crippen molar-refractivity contribution in [2.24, 2.45) is 5.92 Å². The Morgan fingerprint density at radius 2 is 2.08 bits per heavy atom. The van der Waals surface area contributed by atoms with Crippen LogP contribution in [0.5, 0.6) is 0 Å². The first kappa shape index (κ1) is 16.9. The van der Waals surface area contributed by atoms with Gasteiger partial charge in [-0.05, 0) is 30.9 Å². The molecular weight excluding hydrogens is 304 g/mol. The molecule has 0 N–H and O–H groups in total. The lowest BCUT2D eigenvalue weighted by Gasteiger charge is -2.31. The molecule has 1 amide bonds. The predicted octanol–water partition coefficient (Wildman–Crippen LogP) is 2.50. The lowest BCUT2D eigenvalue weighted by Crippen LogP contribution is -2.38. The molecular formula is C18H26N4O2. The van der Waals surface area contributed by atoms with Crippen molar-refractivity contribution in [3.8, 4) is 0 Å². The molecule has 0 saturated carbocycles. The number of pyridine rings is 1. The summed E-state index contributed by atoms with van der Waals surface area (Å²) in [5.41, 5.74) is 0.883. The minimum absolute atomic E-state index is 0.198. The fourth-order valence-electron chi connectivity index (χ4n) is 3.16. The van der Waals surface area contributed by atoms with E-state index in [1.165, 1.54) is 0 Å². The maximum atomic E-state index is 12.3. The maximum absolute atomic E-state index is 12.3. The first-order valence-electron chi connectivity index (χ1n) is 8.80. The van der Waals surface area contributed by atoms with Gasteiger partial charge in [0.15, 0.2) is 5.65 Å². The number of carbonyl (C=O) groups is 1. The molecule has 0 aromatic carbocycles. The van der Waals surface area contributed by atoms with Crippen LogP contribution in [-0.2, 0) is 9.53 Å². The van der Waals surface area contributed by atoms with Crippen molar-refractivity contribution in [2.45, 2.75) is 39.0 Å². The Bertz CT molecular complexity index is 674. The number of nitrogens with zero attached hydrogens (tertiary/aromatic N) is 4. The Kier molecular flexibility index (Phi) is 5.45. The first-order valence-corrected chi connectivity index (χ1v) is 8.80. The summed E-state index contributed by atoms with van der Waals surface area (Å²) >= 11 is 0. The molecule has 0 atom stereocenters. The summed E-state index contributed by atoms with van der Waals surface area (Å²) < 4.78 is 7.57. The Balaban J connectivity index is 1.49. The van der Waals surface area contributed by atoms with E-state index in [1.54, 1.807) is 0 Å². The van der Waals surface area contributed by atoms with Gasteiger partial charge < -0.3 is 9.64 Å². The summed E-state index contributed by atoms with van der Waals surface area (Å²) in [5, 5.41) is 8.58. The van der Waals surface area contributed by atoms with E-state index in [1.807, 2.05) is 29.3 Å². The van der Waals surface area contributed by atoms with Gasteiger partial charge in [0.05, 0.1) is 13.0 Å². The van der Waals surface area contributed by atoms with E-state index >= 15 is 0 Å². The summed E-state index contributed by atoms with van der Waals surface area (Å²) in [6.07, 6.45) is 4.36. The third-order valence-corrected chi connectivity index (χ3v) is 4.46. The zero-order valence-electron chi connectivity index (χ0n) is 14.5. The molecule has 2 aromatic heterocycles. The summed E-state index contributed by atoms with van der Waals surface area (Å²) in [6.45, 7) is 7.04. The monoisotopic (exact) mass is 330 g/mol. The lowest BCUT2D eigenvalue weighted by atomic mass is 9.96. The Hall–Kier alpha value is -1.95. The van der Waals surface area contributed by atoms with Gasteiger partial charge in [0, 0.05) is 31.8 Å². The average Bonchev–Trinajstić information content (AvgIpc) is 3.02. The van der Waals surface area contributed by atoms with E-state index in [9.17, 15) is 4.79 Å². The summed E-state index contributed by atoms with van der Waals surface area (Å²) in [6, 6.07) is 5.93. The lowest BCUT2D eigenvalue weighted by molar-refractivity contribution is -0.133. The van der Waals surface area contributed by atoms with Crippen LogP contribution in [0.25, 0.3) is 5.65 Å². The van der Waals surface area contributed by atoms with Crippen LogP contribution >= 0.6 is 0 Å². The molecule has 0 aliphatic carbocycles. The van der Waals surface area contributed by atoms with Gasteiger partial charge in [-0.1, -0.05) is 19.9 Å². The highest BCUT2D eigenvalue weighted by Crippen LogP contribution is 2.27. The molecule has 1 saturated heterocycles. The predicted molar refractivity (Wildman–Crippen MR) is 91.8 cm³/mol. The van der Waals surface area contributed by atoms with E-state index in [2.05, 4.69) is 28.4 Å². The number of carbonyl (C=O) groups excluding carboxylic acids is 1. The average molecular weight is 330 g/mol. The number of fused-ring (bicyclic) bond motifs is 1. The zero-order valence-corrected chi connectivity index (χ0v) is 14.5. The summed E-state index contributed by atoms with van der Waals surface area (Å²) in [5.74, 6) is 2.08. The smallest absolute Gasteiger partial charge is 0.224 e. The van der Waals surface area contributed by atoms with Gasteiger partial charge in [0.2, 0.25) is 5.91 Å². The standard InChI is InChI=1S/C18H26N4O2/c1-14(2)13-24-12-8-17(23)21-10-6-15(7-11-21)18-20-19-16-5-3-4-9-22(16)18/h3-5,9,14-15H,6-8,10-13H2,1-2H3. The maximum Gasteiger partial charge on any atom is 0.224 e. The molecule has 3 rings (SSSR count). The molecule has 24 heavy (non-hydrogen) atoms. The topological polar surface area (TPSA) is 59.7 Å². The minimum Gasteiger partial charge on any atom is -0.381 e. The fourth-order valence-corrected chi connectivity index (χ4v) is 3.16. The second-order valence-corrected chi connectivity index (χ2v) is 6.86.